The molecule has 0 aliphatic heterocycles. The Bertz CT molecular complexity index is 885. The molecule has 0 amide bonds. The summed E-state index contributed by atoms with van der Waals surface area (Å²) in [7, 11) is -3.86. The van der Waals surface area contributed by atoms with Gasteiger partial charge < -0.3 is 9.84 Å². The number of aliphatic carboxylic acids is 1. The maximum Gasteiger partial charge on any atom is 0.341 e. The zero-order chi connectivity index (χ0) is 17.9. The largest absolute Gasteiger partial charge is 0.480 e. The van der Waals surface area contributed by atoms with Crippen LogP contribution in [0.3, 0.4) is 0 Å². The molecule has 0 aromatic heterocycles. The Labute approximate surface area is 152 Å². The minimum absolute atomic E-state index is 0.00194. The van der Waals surface area contributed by atoms with Crippen molar-refractivity contribution in [1.29, 1.82) is 0 Å². The van der Waals surface area contributed by atoms with Gasteiger partial charge in [-0.05, 0) is 58.7 Å². The summed E-state index contributed by atoms with van der Waals surface area (Å²) in [5.74, 6) is -1.07. The zero-order valence-corrected chi connectivity index (χ0v) is 15.6. The highest BCUT2D eigenvalue weighted by Crippen LogP contribution is 2.30. The van der Waals surface area contributed by atoms with E-state index >= 15 is 0 Å². The van der Waals surface area contributed by atoms with Gasteiger partial charge in [0, 0.05) is 4.47 Å². The van der Waals surface area contributed by atoms with Gasteiger partial charge >= 0.3 is 5.97 Å². The van der Waals surface area contributed by atoms with E-state index in [4.69, 9.17) is 21.4 Å². The average molecular weight is 435 g/mol. The summed E-state index contributed by atoms with van der Waals surface area (Å²) in [6.07, 6.45) is 0. The number of carboxylic acids is 1. The lowest BCUT2D eigenvalue weighted by Crippen LogP contribution is -2.14. The van der Waals surface area contributed by atoms with Crippen molar-refractivity contribution in [2.45, 2.75) is 11.8 Å². The molecule has 0 radical (unpaired) electrons. The Hall–Kier alpha value is -1.77. The summed E-state index contributed by atoms with van der Waals surface area (Å²) < 4.78 is 32.9. The van der Waals surface area contributed by atoms with Crippen LogP contribution >= 0.6 is 27.5 Å². The highest BCUT2D eigenvalue weighted by atomic mass is 79.9. The van der Waals surface area contributed by atoms with Crippen molar-refractivity contribution in [3.05, 3.63) is 51.5 Å². The van der Waals surface area contributed by atoms with Gasteiger partial charge in [-0.25, -0.2) is 13.2 Å². The number of anilines is 1. The highest BCUT2D eigenvalue weighted by Gasteiger charge is 2.18. The van der Waals surface area contributed by atoms with Crippen LogP contribution < -0.4 is 9.46 Å². The number of hydrogen-bond donors (Lipinski definition) is 2. The van der Waals surface area contributed by atoms with E-state index in [2.05, 4.69) is 20.7 Å². The normalized spacial score (nSPS) is 11.1. The topological polar surface area (TPSA) is 92.7 Å². The summed E-state index contributed by atoms with van der Waals surface area (Å²) in [5, 5.41) is 8.58. The molecule has 0 aliphatic rings. The molecule has 2 N–H and O–H groups in total. The Morgan fingerprint density at radius 2 is 2.00 bits per heavy atom. The SMILES string of the molecule is Cc1ccc(NS(=O)(=O)c2ccc(OCC(=O)O)c(Cl)c2)c(Br)c1. The Morgan fingerprint density at radius 1 is 1.29 bits per heavy atom. The molecule has 0 aliphatic carbocycles. The maximum absolute atomic E-state index is 12.4. The number of sulfonamides is 1. The molecule has 0 unspecified atom stereocenters. The fourth-order valence-electron chi connectivity index (χ4n) is 1.81. The molecule has 9 heteroatoms. The monoisotopic (exact) mass is 433 g/mol. The lowest BCUT2D eigenvalue weighted by atomic mass is 10.2. The average Bonchev–Trinajstić information content (AvgIpc) is 2.48. The van der Waals surface area contributed by atoms with Gasteiger partial charge in [-0.3, -0.25) is 4.72 Å². The second-order valence-corrected chi connectivity index (χ2v) is 7.81. The van der Waals surface area contributed by atoms with Gasteiger partial charge in [0.1, 0.15) is 5.75 Å². The summed E-state index contributed by atoms with van der Waals surface area (Å²) >= 11 is 9.26. The molecule has 0 saturated heterocycles. The molecular weight excluding hydrogens is 422 g/mol. The summed E-state index contributed by atoms with van der Waals surface area (Å²) in [5.41, 5.74) is 1.37. The standard InChI is InChI=1S/C15H13BrClNO5S/c1-9-2-4-13(11(16)6-9)18-24(21,22)10-3-5-14(12(17)7-10)23-8-15(19)20/h2-7,18H,8H2,1H3,(H,19,20). The molecule has 2 aromatic carbocycles. The molecule has 0 bridgehead atoms. The number of nitrogens with one attached hydrogen (secondary N) is 1. The minimum atomic E-state index is -3.86. The highest BCUT2D eigenvalue weighted by molar-refractivity contribution is 9.10. The van der Waals surface area contributed by atoms with Crippen LogP contribution in [0.15, 0.2) is 45.8 Å². The second-order valence-electron chi connectivity index (χ2n) is 4.86. The van der Waals surface area contributed by atoms with Crippen LogP contribution in [0.25, 0.3) is 0 Å². The number of aryl methyl sites for hydroxylation is 1. The van der Waals surface area contributed by atoms with E-state index < -0.39 is 22.6 Å². The predicted octanol–water partition coefficient (Wildman–Crippen LogP) is 3.68. The predicted molar refractivity (Wildman–Crippen MR) is 94.3 cm³/mol. The third-order valence-electron chi connectivity index (χ3n) is 2.93. The lowest BCUT2D eigenvalue weighted by molar-refractivity contribution is -0.139. The molecule has 24 heavy (non-hydrogen) atoms. The van der Waals surface area contributed by atoms with Gasteiger partial charge in [0.2, 0.25) is 0 Å². The van der Waals surface area contributed by atoms with Crippen LogP contribution in [0.4, 0.5) is 5.69 Å². The Morgan fingerprint density at radius 3 is 2.58 bits per heavy atom. The second kappa shape index (κ2) is 7.42. The smallest absolute Gasteiger partial charge is 0.341 e. The number of carboxylic acid groups (broad SMARTS) is 1. The fourth-order valence-corrected chi connectivity index (χ4v) is 3.94. The van der Waals surface area contributed by atoms with Gasteiger partial charge in [-0.15, -0.1) is 0 Å². The van der Waals surface area contributed by atoms with E-state index in [-0.39, 0.29) is 15.7 Å². The summed E-state index contributed by atoms with van der Waals surface area (Å²) in [6.45, 7) is 1.32. The first kappa shape index (κ1) is 18.6. The van der Waals surface area contributed by atoms with Crippen molar-refractivity contribution >= 4 is 49.2 Å². The van der Waals surface area contributed by atoms with Crippen LogP contribution in [0.2, 0.25) is 5.02 Å². The van der Waals surface area contributed by atoms with E-state index in [0.717, 1.165) is 5.56 Å². The van der Waals surface area contributed by atoms with Crippen molar-refractivity contribution in [3.8, 4) is 5.75 Å². The van der Waals surface area contributed by atoms with Crippen LogP contribution in [-0.4, -0.2) is 26.1 Å². The first-order valence-electron chi connectivity index (χ1n) is 6.62. The molecule has 0 heterocycles. The maximum atomic E-state index is 12.4. The Kier molecular flexibility index (Phi) is 5.74. The van der Waals surface area contributed by atoms with Crippen LogP contribution in [0.5, 0.6) is 5.75 Å². The minimum Gasteiger partial charge on any atom is -0.480 e. The number of carbonyl (C=O) groups is 1. The Balaban J connectivity index is 2.26. The summed E-state index contributed by atoms with van der Waals surface area (Å²) in [4.78, 5) is 10.4. The number of hydrogen-bond acceptors (Lipinski definition) is 4. The van der Waals surface area contributed by atoms with Crippen molar-refractivity contribution in [3.63, 3.8) is 0 Å². The molecule has 2 aromatic rings. The van der Waals surface area contributed by atoms with Crippen molar-refractivity contribution in [1.82, 2.24) is 0 Å². The number of ether oxygens (including phenoxy) is 1. The number of benzene rings is 2. The van der Waals surface area contributed by atoms with Gasteiger partial charge in [-0.2, -0.15) is 0 Å². The van der Waals surface area contributed by atoms with Crippen molar-refractivity contribution in [2.24, 2.45) is 0 Å². The zero-order valence-electron chi connectivity index (χ0n) is 12.4. The van der Waals surface area contributed by atoms with E-state index in [0.29, 0.717) is 10.2 Å². The summed E-state index contributed by atoms with van der Waals surface area (Å²) in [6, 6.07) is 9.00. The third-order valence-corrected chi connectivity index (χ3v) is 5.25. The van der Waals surface area contributed by atoms with Crippen molar-refractivity contribution < 1.29 is 23.1 Å². The van der Waals surface area contributed by atoms with Gasteiger partial charge in [0.05, 0.1) is 15.6 Å². The van der Waals surface area contributed by atoms with Crippen LogP contribution in [0.1, 0.15) is 5.56 Å². The molecule has 0 atom stereocenters. The van der Waals surface area contributed by atoms with Crippen molar-refractivity contribution in [2.75, 3.05) is 11.3 Å². The molecule has 0 fully saturated rings. The first-order chi connectivity index (χ1) is 11.2. The number of rotatable bonds is 6. The molecule has 6 nitrogen and oxygen atoms in total. The first-order valence-corrected chi connectivity index (χ1v) is 9.27. The van der Waals surface area contributed by atoms with E-state index in [9.17, 15) is 13.2 Å². The van der Waals surface area contributed by atoms with E-state index in [1.54, 1.807) is 18.2 Å². The van der Waals surface area contributed by atoms with E-state index in [1.807, 2.05) is 6.92 Å². The van der Waals surface area contributed by atoms with E-state index in [1.165, 1.54) is 18.2 Å². The number of halogens is 2. The molecular formula is C15H13BrClNO5S. The van der Waals surface area contributed by atoms with Crippen LogP contribution in [0, 0.1) is 6.92 Å². The fraction of sp³-hybridized carbons (Fsp3) is 0.133. The lowest BCUT2D eigenvalue weighted by Gasteiger charge is -2.12. The van der Waals surface area contributed by atoms with Gasteiger partial charge in [-0.1, -0.05) is 17.7 Å². The third kappa shape index (κ3) is 4.62. The molecule has 2 rings (SSSR count). The quantitative estimate of drug-likeness (QED) is 0.723. The van der Waals surface area contributed by atoms with Crippen LogP contribution in [-0.2, 0) is 14.8 Å². The van der Waals surface area contributed by atoms with Gasteiger partial charge in [0.15, 0.2) is 6.61 Å². The molecule has 0 spiro atoms. The molecule has 0 saturated carbocycles. The molecule has 128 valence electrons. The van der Waals surface area contributed by atoms with Gasteiger partial charge in [0.25, 0.3) is 10.0 Å².